The Bertz CT molecular complexity index is 717. The van der Waals surface area contributed by atoms with Gasteiger partial charge in [0.1, 0.15) is 16.0 Å². The predicted octanol–water partition coefficient (Wildman–Crippen LogP) is 1.94. The highest BCUT2D eigenvalue weighted by atomic mass is 35.5. The first-order valence-corrected chi connectivity index (χ1v) is 8.03. The molecule has 122 valence electrons. The van der Waals surface area contributed by atoms with Gasteiger partial charge < -0.3 is 5.11 Å². The van der Waals surface area contributed by atoms with E-state index in [1.807, 2.05) is 4.72 Å². The van der Waals surface area contributed by atoms with E-state index in [1.54, 1.807) is 0 Å². The van der Waals surface area contributed by atoms with Gasteiger partial charge in [0, 0.05) is 6.07 Å². The fourth-order valence-corrected chi connectivity index (χ4v) is 3.75. The van der Waals surface area contributed by atoms with E-state index >= 15 is 0 Å². The molecule has 0 bridgehead atoms. The van der Waals surface area contributed by atoms with Crippen LogP contribution in [0.2, 0.25) is 5.02 Å². The predicted molar refractivity (Wildman–Crippen MR) is 79.4 cm³/mol. The number of nitrogens with one attached hydrogen (secondary N) is 1. The number of halogens is 1. The largest absolute Gasteiger partial charge is 0.480 e. The zero-order chi connectivity index (χ0) is 17.2. The molecule has 1 aromatic rings. The molecule has 1 rings (SSSR count). The number of carbonyl (C=O) groups is 1. The van der Waals surface area contributed by atoms with Crippen molar-refractivity contribution >= 4 is 33.3 Å². The molecule has 1 atom stereocenters. The molecule has 8 nitrogen and oxygen atoms in total. The van der Waals surface area contributed by atoms with E-state index in [4.69, 9.17) is 16.7 Å². The number of aliphatic carboxylic acids is 1. The van der Waals surface area contributed by atoms with Crippen LogP contribution in [0.3, 0.4) is 0 Å². The Labute approximate surface area is 132 Å². The SMILES string of the molecule is Cc1cc([N+](=O)[O-])c(Cl)c(S(=O)(=O)N[C@@H](C(=O)O)C(C)C)c1. The Kier molecular flexibility index (Phi) is 5.49. The van der Waals surface area contributed by atoms with Crippen LogP contribution >= 0.6 is 11.6 Å². The number of nitro benzene ring substituents is 1. The lowest BCUT2D eigenvalue weighted by Gasteiger charge is -2.18. The van der Waals surface area contributed by atoms with Crippen molar-refractivity contribution in [1.82, 2.24) is 4.72 Å². The molecule has 1 aromatic carbocycles. The average molecular weight is 351 g/mol. The van der Waals surface area contributed by atoms with Crippen molar-refractivity contribution in [2.75, 3.05) is 0 Å². The summed E-state index contributed by atoms with van der Waals surface area (Å²) in [6.45, 7) is 4.53. The van der Waals surface area contributed by atoms with Crippen LogP contribution < -0.4 is 4.72 Å². The molecule has 0 saturated heterocycles. The van der Waals surface area contributed by atoms with Gasteiger partial charge in [-0.3, -0.25) is 14.9 Å². The molecule has 0 radical (unpaired) electrons. The van der Waals surface area contributed by atoms with Crippen molar-refractivity contribution in [3.63, 3.8) is 0 Å². The molecule has 0 unspecified atom stereocenters. The van der Waals surface area contributed by atoms with Crippen LogP contribution in [0.4, 0.5) is 5.69 Å². The van der Waals surface area contributed by atoms with E-state index < -0.39 is 48.5 Å². The number of sulfonamides is 1. The van der Waals surface area contributed by atoms with E-state index in [2.05, 4.69) is 0 Å². The third-order valence-corrected chi connectivity index (χ3v) is 4.84. The zero-order valence-electron chi connectivity index (χ0n) is 12.0. The highest BCUT2D eigenvalue weighted by molar-refractivity contribution is 7.89. The number of hydrogen-bond acceptors (Lipinski definition) is 5. The minimum atomic E-state index is -4.33. The summed E-state index contributed by atoms with van der Waals surface area (Å²) in [5, 5.41) is 19.4. The molecule has 0 aliphatic heterocycles. The molecule has 0 amide bonds. The number of carboxylic acid groups (broad SMARTS) is 1. The van der Waals surface area contributed by atoms with Gasteiger partial charge in [-0.15, -0.1) is 0 Å². The van der Waals surface area contributed by atoms with Gasteiger partial charge in [0.15, 0.2) is 0 Å². The Morgan fingerprint density at radius 1 is 1.41 bits per heavy atom. The maximum Gasteiger partial charge on any atom is 0.322 e. The second-order valence-corrected chi connectivity index (χ2v) is 7.09. The van der Waals surface area contributed by atoms with Crippen LogP contribution in [0, 0.1) is 23.0 Å². The molecular formula is C12H15ClN2O6S. The van der Waals surface area contributed by atoms with Crippen LogP contribution in [-0.2, 0) is 14.8 Å². The molecule has 10 heteroatoms. The smallest absolute Gasteiger partial charge is 0.322 e. The van der Waals surface area contributed by atoms with Crippen molar-refractivity contribution in [2.24, 2.45) is 5.92 Å². The average Bonchev–Trinajstić information content (AvgIpc) is 2.37. The summed E-state index contributed by atoms with van der Waals surface area (Å²) in [4.78, 5) is 20.7. The van der Waals surface area contributed by atoms with Gasteiger partial charge >= 0.3 is 5.97 Å². The highest BCUT2D eigenvalue weighted by Gasteiger charge is 2.31. The number of hydrogen-bond donors (Lipinski definition) is 2. The quantitative estimate of drug-likeness (QED) is 0.596. The maximum atomic E-state index is 12.3. The van der Waals surface area contributed by atoms with Crippen molar-refractivity contribution in [2.45, 2.75) is 31.7 Å². The second kappa shape index (κ2) is 6.59. The van der Waals surface area contributed by atoms with E-state index in [0.29, 0.717) is 5.56 Å². The summed E-state index contributed by atoms with van der Waals surface area (Å²) in [6.07, 6.45) is 0. The third kappa shape index (κ3) is 3.93. The zero-order valence-corrected chi connectivity index (χ0v) is 13.6. The minimum Gasteiger partial charge on any atom is -0.480 e. The monoisotopic (exact) mass is 350 g/mol. The molecule has 0 heterocycles. The molecular weight excluding hydrogens is 336 g/mol. The Morgan fingerprint density at radius 3 is 2.36 bits per heavy atom. The van der Waals surface area contributed by atoms with Crippen molar-refractivity contribution in [3.8, 4) is 0 Å². The fraction of sp³-hybridized carbons (Fsp3) is 0.417. The Hall–Kier alpha value is -1.71. The van der Waals surface area contributed by atoms with Crippen LogP contribution in [0.1, 0.15) is 19.4 Å². The Balaban J connectivity index is 3.41. The fourth-order valence-electron chi connectivity index (χ4n) is 1.75. The highest BCUT2D eigenvalue weighted by Crippen LogP contribution is 2.32. The van der Waals surface area contributed by atoms with E-state index in [-0.39, 0.29) is 0 Å². The Morgan fingerprint density at radius 2 is 1.95 bits per heavy atom. The number of aryl methyl sites for hydroxylation is 1. The van der Waals surface area contributed by atoms with E-state index in [9.17, 15) is 23.3 Å². The number of rotatable bonds is 6. The molecule has 0 aliphatic carbocycles. The van der Waals surface area contributed by atoms with Crippen molar-refractivity contribution in [3.05, 3.63) is 32.8 Å². The summed E-state index contributed by atoms with van der Waals surface area (Å²) in [5.74, 6) is -1.87. The second-order valence-electron chi connectivity index (χ2n) is 5.03. The van der Waals surface area contributed by atoms with Crippen LogP contribution in [0.15, 0.2) is 17.0 Å². The summed E-state index contributed by atoms with van der Waals surface area (Å²) in [6, 6.07) is 0.913. The van der Waals surface area contributed by atoms with Gasteiger partial charge in [-0.2, -0.15) is 4.72 Å². The molecule has 0 aliphatic rings. The molecule has 2 N–H and O–H groups in total. The number of carboxylic acids is 1. The molecule has 22 heavy (non-hydrogen) atoms. The van der Waals surface area contributed by atoms with Gasteiger partial charge in [-0.25, -0.2) is 8.42 Å². The maximum absolute atomic E-state index is 12.3. The number of benzene rings is 1. The van der Waals surface area contributed by atoms with Gasteiger partial charge in [0.25, 0.3) is 5.69 Å². The van der Waals surface area contributed by atoms with E-state index in [0.717, 1.165) is 12.1 Å². The number of nitro groups is 1. The van der Waals surface area contributed by atoms with Gasteiger partial charge in [0.05, 0.1) is 4.92 Å². The third-order valence-electron chi connectivity index (χ3n) is 2.87. The van der Waals surface area contributed by atoms with Crippen molar-refractivity contribution < 1.29 is 23.2 Å². The molecule has 0 spiro atoms. The molecule has 0 saturated carbocycles. The lowest BCUT2D eigenvalue weighted by Crippen LogP contribution is -2.44. The van der Waals surface area contributed by atoms with Gasteiger partial charge in [0.2, 0.25) is 10.0 Å². The lowest BCUT2D eigenvalue weighted by atomic mass is 10.1. The normalized spacial score (nSPS) is 13.1. The number of nitrogens with zero attached hydrogens (tertiary/aromatic N) is 1. The standard InChI is InChI=1S/C12H15ClN2O6S/c1-6(2)11(12(16)17)14-22(20,21)9-5-7(3)4-8(10(9)13)15(18)19/h4-6,11,14H,1-3H3,(H,16,17)/t11-/m1/s1. The lowest BCUT2D eigenvalue weighted by molar-refractivity contribution is -0.385. The molecule has 0 aromatic heterocycles. The summed E-state index contributed by atoms with van der Waals surface area (Å²) < 4.78 is 26.6. The minimum absolute atomic E-state index is 0.313. The van der Waals surface area contributed by atoms with E-state index in [1.165, 1.54) is 20.8 Å². The van der Waals surface area contributed by atoms with Crippen LogP contribution in [0.25, 0.3) is 0 Å². The van der Waals surface area contributed by atoms with Crippen molar-refractivity contribution in [1.29, 1.82) is 0 Å². The van der Waals surface area contributed by atoms with Crippen LogP contribution in [-0.4, -0.2) is 30.5 Å². The van der Waals surface area contributed by atoms with Gasteiger partial charge in [-0.05, 0) is 24.5 Å². The van der Waals surface area contributed by atoms with Crippen LogP contribution in [0.5, 0.6) is 0 Å². The summed E-state index contributed by atoms with van der Waals surface area (Å²) >= 11 is 5.79. The summed E-state index contributed by atoms with van der Waals surface area (Å²) in [7, 11) is -4.33. The first-order chi connectivity index (χ1) is 9.97. The first kappa shape index (κ1) is 18.3. The summed E-state index contributed by atoms with van der Waals surface area (Å²) in [5.41, 5.74) is -0.244. The first-order valence-electron chi connectivity index (χ1n) is 6.17. The van der Waals surface area contributed by atoms with Gasteiger partial charge in [-0.1, -0.05) is 25.4 Å². The molecule has 0 fully saturated rings. The topological polar surface area (TPSA) is 127 Å².